The Bertz CT molecular complexity index is 730. The first kappa shape index (κ1) is 16.6. The van der Waals surface area contributed by atoms with Crippen LogP contribution in [0.5, 0.6) is 0 Å². The number of anilines is 2. The van der Waals surface area contributed by atoms with Crippen LogP contribution in [0.1, 0.15) is 44.9 Å². The van der Waals surface area contributed by atoms with Crippen LogP contribution in [0.2, 0.25) is 0 Å². The summed E-state index contributed by atoms with van der Waals surface area (Å²) in [5, 5.41) is 6.22. The number of carbonyl (C=O) groups is 1. The van der Waals surface area contributed by atoms with Crippen LogP contribution < -0.4 is 10.2 Å². The molecule has 0 spiro atoms. The van der Waals surface area contributed by atoms with E-state index < -0.39 is 0 Å². The number of thiazole rings is 1. The van der Waals surface area contributed by atoms with E-state index in [1.54, 1.807) is 11.3 Å². The summed E-state index contributed by atoms with van der Waals surface area (Å²) in [5.41, 5.74) is 2.99. The maximum absolute atomic E-state index is 11.8. The summed E-state index contributed by atoms with van der Waals surface area (Å²) in [7, 11) is 2.18. The van der Waals surface area contributed by atoms with Crippen LogP contribution in [-0.2, 0) is 4.79 Å². The Morgan fingerprint density at radius 2 is 1.84 bits per heavy atom. The lowest BCUT2D eigenvalue weighted by Gasteiger charge is -2.30. The number of aromatic nitrogens is 1. The van der Waals surface area contributed by atoms with Gasteiger partial charge in [-0.25, -0.2) is 4.98 Å². The molecule has 1 N–H and O–H groups in total. The lowest BCUT2D eigenvalue weighted by molar-refractivity contribution is -0.117. The third-order valence-electron chi connectivity index (χ3n) is 5.31. The van der Waals surface area contributed by atoms with Gasteiger partial charge in [0.25, 0.3) is 0 Å². The number of amides is 1. The van der Waals surface area contributed by atoms with Gasteiger partial charge in [0.2, 0.25) is 5.91 Å². The van der Waals surface area contributed by atoms with Crippen molar-refractivity contribution in [2.75, 3.05) is 17.3 Å². The molecule has 0 aliphatic heterocycles. The fourth-order valence-electron chi connectivity index (χ4n) is 3.50. The molecular weight excluding hydrogens is 330 g/mol. The van der Waals surface area contributed by atoms with Crippen molar-refractivity contribution in [1.82, 2.24) is 4.98 Å². The molecule has 5 heteroatoms. The first-order valence-corrected chi connectivity index (χ1v) is 10.2. The molecule has 2 aliphatic carbocycles. The number of nitrogens with zero attached hydrogens (tertiary/aromatic N) is 2. The molecule has 1 heterocycles. The van der Waals surface area contributed by atoms with Crippen molar-refractivity contribution in [2.45, 2.75) is 51.0 Å². The van der Waals surface area contributed by atoms with Gasteiger partial charge in [-0.15, -0.1) is 11.3 Å². The predicted octanol–water partition coefficient (Wildman–Crippen LogP) is 4.93. The van der Waals surface area contributed by atoms with Gasteiger partial charge < -0.3 is 10.2 Å². The standard InChI is InChI=1S/C20H25N3OS/c1-23(17-5-3-2-4-6-17)20-22-18(13-25-20)14-9-11-16(12-10-14)21-19(24)15-7-8-15/h9-13,15,17H,2-8H2,1H3,(H,21,24). The molecule has 0 radical (unpaired) electrons. The Labute approximate surface area is 153 Å². The zero-order valence-electron chi connectivity index (χ0n) is 14.7. The van der Waals surface area contributed by atoms with Crippen molar-refractivity contribution >= 4 is 28.1 Å². The first-order chi connectivity index (χ1) is 12.2. The van der Waals surface area contributed by atoms with E-state index in [0.717, 1.165) is 34.9 Å². The molecule has 2 saturated carbocycles. The molecule has 1 aromatic carbocycles. The van der Waals surface area contributed by atoms with Crippen LogP contribution in [0.25, 0.3) is 11.3 Å². The van der Waals surface area contributed by atoms with Gasteiger partial charge in [-0.3, -0.25) is 4.79 Å². The molecule has 2 aromatic rings. The van der Waals surface area contributed by atoms with Crippen molar-refractivity contribution in [3.8, 4) is 11.3 Å². The first-order valence-electron chi connectivity index (χ1n) is 9.30. The maximum atomic E-state index is 11.8. The Morgan fingerprint density at radius 3 is 2.52 bits per heavy atom. The third-order valence-corrected chi connectivity index (χ3v) is 6.24. The minimum Gasteiger partial charge on any atom is -0.348 e. The Balaban J connectivity index is 1.43. The van der Waals surface area contributed by atoms with Gasteiger partial charge in [-0.05, 0) is 37.8 Å². The number of hydrogen-bond acceptors (Lipinski definition) is 4. The van der Waals surface area contributed by atoms with E-state index in [-0.39, 0.29) is 11.8 Å². The largest absolute Gasteiger partial charge is 0.348 e. The SMILES string of the molecule is CN(c1nc(-c2ccc(NC(=O)C3CC3)cc2)cs1)C1CCCCC1. The van der Waals surface area contributed by atoms with E-state index in [2.05, 4.69) is 22.6 Å². The van der Waals surface area contributed by atoms with Crippen molar-refractivity contribution in [3.05, 3.63) is 29.6 Å². The molecule has 132 valence electrons. The van der Waals surface area contributed by atoms with E-state index in [0.29, 0.717) is 6.04 Å². The van der Waals surface area contributed by atoms with E-state index in [9.17, 15) is 4.79 Å². The normalized spacial score (nSPS) is 18.1. The molecular formula is C20H25N3OS. The van der Waals surface area contributed by atoms with E-state index >= 15 is 0 Å². The number of nitrogens with one attached hydrogen (secondary N) is 1. The fourth-order valence-corrected chi connectivity index (χ4v) is 4.37. The van der Waals surface area contributed by atoms with Crippen LogP contribution in [0.15, 0.2) is 29.6 Å². The average Bonchev–Trinajstić information content (AvgIpc) is 3.40. The summed E-state index contributed by atoms with van der Waals surface area (Å²) < 4.78 is 0. The Hall–Kier alpha value is -1.88. The molecule has 0 bridgehead atoms. The summed E-state index contributed by atoms with van der Waals surface area (Å²) in [6.45, 7) is 0. The second-order valence-corrected chi connectivity index (χ2v) is 8.10. The highest BCUT2D eigenvalue weighted by Crippen LogP contribution is 2.33. The third kappa shape index (κ3) is 3.87. The van der Waals surface area contributed by atoms with E-state index in [1.807, 2.05) is 24.3 Å². The van der Waals surface area contributed by atoms with Crippen molar-refractivity contribution in [3.63, 3.8) is 0 Å². The number of carbonyl (C=O) groups excluding carboxylic acids is 1. The zero-order valence-corrected chi connectivity index (χ0v) is 15.5. The summed E-state index contributed by atoms with van der Waals surface area (Å²) in [6.07, 6.45) is 8.65. The molecule has 4 rings (SSSR count). The van der Waals surface area contributed by atoms with E-state index in [1.165, 1.54) is 32.1 Å². The quantitative estimate of drug-likeness (QED) is 0.827. The second-order valence-electron chi connectivity index (χ2n) is 7.26. The van der Waals surface area contributed by atoms with Gasteiger partial charge >= 0.3 is 0 Å². The molecule has 25 heavy (non-hydrogen) atoms. The molecule has 0 unspecified atom stereocenters. The van der Waals surface area contributed by atoms with Crippen LogP contribution in [-0.4, -0.2) is 24.0 Å². The van der Waals surface area contributed by atoms with Crippen LogP contribution in [0.3, 0.4) is 0 Å². The average molecular weight is 356 g/mol. The monoisotopic (exact) mass is 355 g/mol. The second kappa shape index (κ2) is 7.16. The molecule has 1 amide bonds. The van der Waals surface area contributed by atoms with Gasteiger partial charge in [-0.1, -0.05) is 31.4 Å². The fraction of sp³-hybridized carbons (Fsp3) is 0.500. The minimum atomic E-state index is 0.151. The van der Waals surface area contributed by atoms with Gasteiger partial charge in [-0.2, -0.15) is 0 Å². The topological polar surface area (TPSA) is 45.2 Å². The molecule has 1 aromatic heterocycles. The van der Waals surface area contributed by atoms with Gasteiger partial charge in [0, 0.05) is 35.6 Å². The van der Waals surface area contributed by atoms with Crippen LogP contribution in [0, 0.1) is 5.92 Å². The van der Waals surface area contributed by atoms with Crippen molar-refractivity contribution in [2.24, 2.45) is 5.92 Å². The maximum Gasteiger partial charge on any atom is 0.227 e. The molecule has 4 nitrogen and oxygen atoms in total. The number of benzene rings is 1. The van der Waals surface area contributed by atoms with Gasteiger partial charge in [0.15, 0.2) is 5.13 Å². The van der Waals surface area contributed by atoms with Crippen molar-refractivity contribution < 1.29 is 4.79 Å². The number of hydrogen-bond donors (Lipinski definition) is 1. The molecule has 0 atom stereocenters. The Morgan fingerprint density at radius 1 is 1.12 bits per heavy atom. The van der Waals surface area contributed by atoms with Crippen LogP contribution in [0.4, 0.5) is 10.8 Å². The Kier molecular flexibility index (Phi) is 4.75. The van der Waals surface area contributed by atoms with Crippen molar-refractivity contribution in [1.29, 1.82) is 0 Å². The molecule has 0 saturated heterocycles. The lowest BCUT2D eigenvalue weighted by atomic mass is 9.95. The highest BCUT2D eigenvalue weighted by Gasteiger charge is 2.29. The highest BCUT2D eigenvalue weighted by atomic mass is 32.1. The molecule has 2 aliphatic rings. The van der Waals surface area contributed by atoms with Crippen LogP contribution >= 0.6 is 11.3 Å². The van der Waals surface area contributed by atoms with Gasteiger partial charge in [0.1, 0.15) is 0 Å². The predicted molar refractivity (Wildman–Crippen MR) is 104 cm³/mol. The molecule has 2 fully saturated rings. The zero-order chi connectivity index (χ0) is 17.2. The lowest BCUT2D eigenvalue weighted by Crippen LogP contribution is -2.33. The van der Waals surface area contributed by atoms with E-state index in [4.69, 9.17) is 4.98 Å². The van der Waals surface area contributed by atoms with Gasteiger partial charge in [0.05, 0.1) is 5.69 Å². The summed E-state index contributed by atoms with van der Waals surface area (Å²) in [4.78, 5) is 19.0. The summed E-state index contributed by atoms with van der Waals surface area (Å²) in [5.74, 6) is 0.383. The summed E-state index contributed by atoms with van der Waals surface area (Å²) >= 11 is 1.72. The smallest absolute Gasteiger partial charge is 0.227 e. The number of rotatable bonds is 5. The summed E-state index contributed by atoms with van der Waals surface area (Å²) in [6, 6.07) is 8.66. The highest BCUT2D eigenvalue weighted by molar-refractivity contribution is 7.14. The minimum absolute atomic E-state index is 0.151.